The van der Waals surface area contributed by atoms with Crippen molar-refractivity contribution in [3.63, 3.8) is 0 Å². The van der Waals surface area contributed by atoms with E-state index in [9.17, 15) is 9.18 Å². The van der Waals surface area contributed by atoms with Gasteiger partial charge in [-0.1, -0.05) is 12.1 Å². The Bertz CT molecular complexity index is 639. The Balaban J connectivity index is 1.64. The molecule has 0 aliphatic carbocycles. The molecule has 1 fully saturated rings. The fraction of sp³-hybridized carbons (Fsp3) is 0.375. The number of thiazole rings is 1. The van der Waals surface area contributed by atoms with Crippen LogP contribution in [0, 0.1) is 5.82 Å². The molecule has 0 radical (unpaired) electrons. The van der Waals surface area contributed by atoms with Crippen LogP contribution in [0.25, 0.3) is 0 Å². The molecule has 122 valence electrons. The molecule has 2 aromatic rings. The summed E-state index contributed by atoms with van der Waals surface area (Å²) in [5, 5.41) is 0. The van der Waals surface area contributed by atoms with Gasteiger partial charge in [-0.25, -0.2) is 4.39 Å². The van der Waals surface area contributed by atoms with Gasteiger partial charge < -0.3 is 5.73 Å². The van der Waals surface area contributed by atoms with Crippen LogP contribution in [0.5, 0.6) is 0 Å². The topological polar surface area (TPSA) is 62.5 Å². The first-order valence-electron chi connectivity index (χ1n) is 7.52. The van der Waals surface area contributed by atoms with Gasteiger partial charge in [-0.15, -0.1) is 11.3 Å². The Morgan fingerprint density at radius 3 is 2.52 bits per heavy atom. The third kappa shape index (κ3) is 3.93. The van der Waals surface area contributed by atoms with E-state index < -0.39 is 11.9 Å². The van der Waals surface area contributed by atoms with Crippen molar-refractivity contribution in [1.82, 2.24) is 14.8 Å². The van der Waals surface area contributed by atoms with E-state index in [2.05, 4.69) is 14.8 Å². The maximum Gasteiger partial charge on any atom is 0.239 e. The Labute approximate surface area is 138 Å². The lowest BCUT2D eigenvalue weighted by Crippen LogP contribution is -2.49. The molecule has 3 rings (SSSR count). The van der Waals surface area contributed by atoms with Crippen LogP contribution in [0.3, 0.4) is 0 Å². The largest absolute Gasteiger partial charge is 0.368 e. The van der Waals surface area contributed by atoms with Gasteiger partial charge in [-0.3, -0.25) is 19.6 Å². The SMILES string of the molecule is NC(=O)C(c1ccc(F)cc1)N1CCN(Cc2cncs2)CC1. The van der Waals surface area contributed by atoms with Crippen molar-refractivity contribution in [3.8, 4) is 0 Å². The highest BCUT2D eigenvalue weighted by atomic mass is 32.1. The van der Waals surface area contributed by atoms with Gasteiger partial charge in [0.05, 0.1) is 5.51 Å². The second-order valence-electron chi connectivity index (χ2n) is 5.64. The molecule has 2 N–H and O–H groups in total. The first-order chi connectivity index (χ1) is 11.1. The van der Waals surface area contributed by atoms with Crippen LogP contribution in [0.4, 0.5) is 4.39 Å². The number of aromatic nitrogens is 1. The minimum absolute atomic E-state index is 0.314. The minimum Gasteiger partial charge on any atom is -0.368 e. The number of carbonyl (C=O) groups is 1. The molecule has 23 heavy (non-hydrogen) atoms. The van der Waals surface area contributed by atoms with Crippen molar-refractivity contribution in [1.29, 1.82) is 0 Å². The van der Waals surface area contributed by atoms with Gasteiger partial charge >= 0.3 is 0 Å². The zero-order valence-corrected chi connectivity index (χ0v) is 13.5. The van der Waals surface area contributed by atoms with E-state index in [-0.39, 0.29) is 5.82 Å². The van der Waals surface area contributed by atoms with Crippen LogP contribution < -0.4 is 5.73 Å². The molecule has 1 aliphatic rings. The highest BCUT2D eigenvalue weighted by Crippen LogP contribution is 2.23. The van der Waals surface area contributed by atoms with E-state index in [1.165, 1.54) is 17.0 Å². The summed E-state index contributed by atoms with van der Waals surface area (Å²) in [6.45, 7) is 4.12. The van der Waals surface area contributed by atoms with Crippen molar-refractivity contribution in [2.45, 2.75) is 12.6 Å². The number of benzene rings is 1. The third-order valence-corrected chi connectivity index (χ3v) is 4.85. The summed E-state index contributed by atoms with van der Waals surface area (Å²) in [5.41, 5.74) is 8.17. The van der Waals surface area contributed by atoms with Crippen molar-refractivity contribution in [2.75, 3.05) is 26.2 Å². The smallest absolute Gasteiger partial charge is 0.239 e. The summed E-state index contributed by atoms with van der Waals surface area (Å²) in [7, 11) is 0. The van der Waals surface area contributed by atoms with Crippen LogP contribution in [0.15, 0.2) is 36.0 Å². The fourth-order valence-corrected chi connectivity index (χ4v) is 3.56. The Kier molecular flexibility index (Phi) is 5.00. The number of piperazine rings is 1. The maximum absolute atomic E-state index is 13.1. The lowest BCUT2D eigenvalue weighted by atomic mass is 10.0. The van der Waals surface area contributed by atoms with E-state index in [0.29, 0.717) is 0 Å². The molecular formula is C16H19FN4OS. The number of halogens is 1. The monoisotopic (exact) mass is 334 g/mol. The van der Waals surface area contributed by atoms with Gasteiger partial charge in [-0.2, -0.15) is 0 Å². The van der Waals surface area contributed by atoms with Crippen molar-refractivity contribution in [2.24, 2.45) is 5.73 Å². The number of nitrogens with two attached hydrogens (primary N) is 1. The van der Waals surface area contributed by atoms with Crippen molar-refractivity contribution < 1.29 is 9.18 Å². The van der Waals surface area contributed by atoms with Crippen molar-refractivity contribution >= 4 is 17.2 Å². The van der Waals surface area contributed by atoms with Crippen LogP contribution >= 0.6 is 11.3 Å². The molecule has 1 amide bonds. The number of nitrogens with zero attached hydrogens (tertiary/aromatic N) is 3. The van der Waals surface area contributed by atoms with E-state index in [0.717, 1.165) is 38.3 Å². The molecule has 1 aromatic heterocycles. The normalized spacial score (nSPS) is 18.0. The number of hydrogen-bond donors (Lipinski definition) is 1. The van der Waals surface area contributed by atoms with Gasteiger partial charge in [0.2, 0.25) is 5.91 Å². The molecular weight excluding hydrogens is 315 g/mol. The fourth-order valence-electron chi connectivity index (χ4n) is 2.92. The lowest BCUT2D eigenvalue weighted by molar-refractivity contribution is -0.124. The molecule has 1 aliphatic heterocycles. The van der Waals surface area contributed by atoms with E-state index in [4.69, 9.17) is 5.73 Å². The highest BCUT2D eigenvalue weighted by molar-refractivity contribution is 7.09. The maximum atomic E-state index is 13.1. The molecule has 0 spiro atoms. The Hall–Kier alpha value is -1.83. The third-order valence-electron chi connectivity index (χ3n) is 4.09. The van der Waals surface area contributed by atoms with Crippen LogP contribution in [-0.2, 0) is 11.3 Å². The molecule has 1 atom stereocenters. The zero-order chi connectivity index (χ0) is 16.2. The van der Waals surface area contributed by atoms with Crippen LogP contribution in [-0.4, -0.2) is 46.9 Å². The summed E-state index contributed by atoms with van der Waals surface area (Å²) in [6.07, 6.45) is 1.89. The quantitative estimate of drug-likeness (QED) is 0.903. The number of amides is 1. The van der Waals surface area contributed by atoms with Crippen LogP contribution in [0.1, 0.15) is 16.5 Å². The predicted octanol–water partition coefficient (Wildman–Crippen LogP) is 1.63. The summed E-state index contributed by atoms with van der Waals surface area (Å²) in [6, 6.07) is 5.50. The van der Waals surface area contributed by atoms with Gasteiger partial charge in [-0.05, 0) is 17.7 Å². The number of primary amides is 1. The first kappa shape index (κ1) is 16.0. The number of carbonyl (C=O) groups excluding carboxylic acids is 1. The van der Waals surface area contributed by atoms with Gasteiger partial charge in [0.1, 0.15) is 11.9 Å². The standard InChI is InChI=1S/C16H19FN4OS/c17-13-3-1-12(2-4-13)15(16(18)22)21-7-5-20(6-8-21)10-14-9-19-11-23-14/h1-4,9,11,15H,5-8,10H2,(H2,18,22). The number of rotatable bonds is 5. The van der Waals surface area contributed by atoms with E-state index in [1.54, 1.807) is 23.5 Å². The minimum atomic E-state index is -0.499. The zero-order valence-electron chi connectivity index (χ0n) is 12.7. The molecule has 0 saturated carbocycles. The highest BCUT2D eigenvalue weighted by Gasteiger charge is 2.29. The van der Waals surface area contributed by atoms with Crippen LogP contribution in [0.2, 0.25) is 0 Å². The molecule has 2 heterocycles. The average molecular weight is 334 g/mol. The second-order valence-corrected chi connectivity index (χ2v) is 6.61. The molecule has 7 heteroatoms. The van der Waals surface area contributed by atoms with Gasteiger partial charge in [0, 0.05) is 43.8 Å². The lowest BCUT2D eigenvalue weighted by Gasteiger charge is -2.38. The predicted molar refractivity (Wildman–Crippen MR) is 87.3 cm³/mol. The number of hydrogen-bond acceptors (Lipinski definition) is 5. The Morgan fingerprint density at radius 1 is 1.26 bits per heavy atom. The summed E-state index contributed by atoms with van der Waals surface area (Å²) < 4.78 is 13.1. The summed E-state index contributed by atoms with van der Waals surface area (Å²) in [4.78, 5) is 21.6. The summed E-state index contributed by atoms with van der Waals surface area (Å²) >= 11 is 1.65. The first-order valence-corrected chi connectivity index (χ1v) is 8.40. The van der Waals surface area contributed by atoms with Gasteiger partial charge in [0.25, 0.3) is 0 Å². The Morgan fingerprint density at radius 2 is 1.96 bits per heavy atom. The molecule has 0 bridgehead atoms. The average Bonchev–Trinajstić information content (AvgIpc) is 3.04. The van der Waals surface area contributed by atoms with Crippen molar-refractivity contribution in [3.05, 3.63) is 52.2 Å². The van der Waals surface area contributed by atoms with E-state index >= 15 is 0 Å². The molecule has 1 unspecified atom stereocenters. The van der Waals surface area contributed by atoms with Gasteiger partial charge in [0.15, 0.2) is 0 Å². The molecule has 5 nitrogen and oxygen atoms in total. The second kappa shape index (κ2) is 7.16. The van der Waals surface area contributed by atoms with E-state index in [1.807, 2.05) is 11.7 Å². The molecule has 1 saturated heterocycles. The molecule has 1 aromatic carbocycles. The summed E-state index contributed by atoms with van der Waals surface area (Å²) in [5.74, 6) is -0.709.